The third kappa shape index (κ3) is 4.66. The van der Waals surface area contributed by atoms with Crippen LogP contribution in [0.25, 0.3) is 0 Å². The highest BCUT2D eigenvalue weighted by molar-refractivity contribution is 7.91. The molecule has 0 fully saturated rings. The third-order valence-electron chi connectivity index (χ3n) is 4.75. The largest absolute Gasteiger partial charge is 0.363 e. The van der Waals surface area contributed by atoms with Crippen molar-refractivity contribution in [1.29, 1.82) is 0 Å². The van der Waals surface area contributed by atoms with Crippen LogP contribution < -0.4 is 5.32 Å². The van der Waals surface area contributed by atoms with E-state index < -0.39 is 49.7 Å². The molecule has 1 N–H and O–H groups in total. The Morgan fingerprint density at radius 2 is 1.74 bits per heavy atom. The Balaban J connectivity index is 1.83. The van der Waals surface area contributed by atoms with Gasteiger partial charge in [0.1, 0.15) is 29.0 Å². The van der Waals surface area contributed by atoms with Gasteiger partial charge in [-0.1, -0.05) is 16.8 Å². The summed E-state index contributed by atoms with van der Waals surface area (Å²) in [5.74, 6) is -3.99. The van der Waals surface area contributed by atoms with E-state index in [0.29, 0.717) is 6.07 Å². The fourth-order valence-corrected chi connectivity index (χ4v) is 5.06. The zero-order valence-corrected chi connectivity index (χ0v) is 18.4. The second-order valence-electron chi connectivity index (χ2n) is 6.97. The molecule has 34 heavy (non-hydrogen) atoms. The first kappa shape index (κ1) is 23.5. The van der Waals surface area contributed by atoms with Gasteiger partial charge in [0.15, 0.2) is 15.7 Å². The Morgan fingerprint density at radius 1 is 1.00 bits per heavy atom. The van der Waals surface area contributed by atoms with Crippen molar-refractivity contribution >= 4 is 33.2 Å². The summed E-state index contributed by atoms with van der Waals surface area (Å²) in [5, 5.41) is 4.00. The molecular weight excluding hydrogens is 495 g/mol. The molecular formula is C22H13ClF3N3O4S. The van der Waals surface area contributed by atoms with Crippen molar-refractivity contribution in [3.63, 3.8) is 0 Å². The maximum atomic E-state index is 15.2. The SMILES string of the molecule is O=C(Nc1ccon1)c1cnc(C(c2cc(F)ccc2F)S(=O)(=O)c2ccc(Cl)cc2)c(F)c1. The van der Waals surface area contributed by atoms with Gasteiger partial charge >= 0.3 is 0 Å². The molecule has 0 aliphatic rings. The van der Waals surface area contributed by atoms with Crippen LogP contribution in [-0.4, -0.2) is 24.5 Å². The van der Waals surface area contributed by atoms with Crippen molar-refractivity contribution in [3.05, 3.63) is 106 Å². The van der Waals surface area contributed by atoms with Crippen molar-refractivity contribution in [1.82, 2.24) is 10.1 Å². The van der Waals surface area contributed by atoms with Crippen LogP contribution in [0.2, 0.25) is 5.02 Å². The highest BCUT2D eigenvalue weighted by atomic mass is 35.5. The first-order valence-electron chi connectivity index (χ1n) is 9.48. The predicted octanol–water partition coefficient (Wildman–Crippen LogP) is 4.96. The number of rotatable bonds is 6. The molecule has 2 heterocycles. The number of carbonyl (C=O) groups is 1. The van der Waals surface area contributed by atoms with Crippen LogP contribution in [0.5, 0.6) is 0 Å². The summed E-state index contributed by atoms with van der Waals surface area (Å²) < 4.78 is 75.3. The van der Waals surface area contributed by atoms with E-state index in [-0.39, 0.29) is 21.3 Å². The standard InChI is InChI=1S/C22H13ClF3N3O4S/c23-13-1-4-15(5-2-13)34(31,32)21(16-10-14(24)3-6-17(16)25)20-18(26)9-12(11-27-20)22(30)28-19-7-8-33-29-19/h1-11,21H,(H,28,29,30). The second-order valence-corrected chi connectivity index (χ2v) is 9.44. The van der Waals surface area contributed by atoms with Gasteiger partial charge in [0.05, 0.1) is 16.2 Å². The zero-order chi connectivity index (χ0) is 24.5. The van der Waals surface area contributed by atoms with Crippen molar-refractivity contribution in [3.8, 4) is 0 Å². The molecule has 0 aliphatic carbocycles. The van der Waals surface area contributed by atoms with Crippen LogP contribution in [0.3, 0.4) is 0 Å². The van der Waals surface area contributed by atoms with Crippen molar-refractivity contribution < 1.29 is 30.9 Å². The number of halogens is 4. The smallest absolute Gasteiger partial charge is 0.258 e. The number of benzene rings is 2. The maximum Gasteiger partial charge on any atom is 0.258 e. The quantitative estimate of drug-likeness (QED) is 0.396. The van der Waals surface area contributed by atoms with Gasteiger partial charge < -0.3 is 9.84 Å². The number of pyridine rings is 1. The van der Waals surface area contributed by atoms with Gasteiger partial charge in [0, 0.05) is 22.8 Å². The van der Waals surface area contributed by atoms with Crippen molar-refractivity contribution in [2.45, 2.75) is 10.1 Å². The Kier molecular flexibility index (Phi) is 6.40. The number of nitrogens with zero attached hydrogens (tertiary/aromatic N) is 2. The van der Waals surface area contributed by atoms with Crippen LogP contribution in [0, 0.1) is 17.5 Å². The third-order valence-corrected chi connectivity index (χ3v) is 7.03. The van der Waals surface area contributed by atoms with Gasteiger partial charge in [0.25, 0.3) is 5.91 Å². The summed E-state index contributed by atoms with van der Waals surface area (Å²) in [6.45, 7) is 0. The number of aromatic nitrogens is 2. The number of hydrogen-bond donors (Lipinski definition) is 1. The van der Waals surface area contributed by atoms with E-state index in [4.69, 9.17) is 11.6 Å². The number of amides is 1. The van der Waals surface area contributed by atoms with E-state index in [1.165, 1.54) is 24.5 Å². The fraction of sp³-hybridized carbons (Fsp3) is 0.0455. The maximum absolute atomic E-state index is 15.2. The highest BCUT2D eigenvalue weighted by Crippen LogP contribution is 2.37. The Bertz CT molecular complexity index is 1460. The van der Waals surface area contributed by atoms with Crippen LogP contribution in [0.1, 0.15) is 26.9 Å². The number of anilines is 1. The molecule has 174 valence electrons. The molecule has 7 nitrogen and oxygen atoms in total. The van der Waals surface area contributed by atoms with E-state index in [0.717, 1.165) is 36.5 Å². The average Bonchev–Trinajstić information content (AvgIpc) is 3.30. The molecule has 0 saturated heterocycles. The molecule has 2 aromatic carbocycles. The molecule has 1 unspecified atom stereocenters. The minimum Gasteiger partial charge on any atom is -0.363 e. The van der Waals surface area contributed by atoms with Crippen LogP contribution >= 0.6 is 11.6 Å². The highest BCUT2D eigenvalue weighted by Gasteiger charge is 2.36. The molecule has 0 bridgehead atoms. The summed E-state index contributed by atoms with van der Waals surface area (Å²) in [7, 11) is -4.55. The minimum absolute atomic E-state index is 0.0551. The number of sulfone groups is 1. The van der Waals surface area contributed by atoms with Crippen molar-refractivity contribution in [2.75, 3.05) is 5.32 Å². The van der Waals surface area contributed by atoms with E-state index in [1.54, 1.807) is 0 Å². The molecule has 0 radical (unpaired) electrons. The van der Waals surface area contributed by atoms with Gasteiger partial charge in [-0.2, -0.15) is 0 Å². The van der Waals surface area contributed by atoms with Gasteiger partial charge in [-0.3, -0.25) is 9.78 Å². The topological polar surface area (TPSA) is 102 Å². The summed E-state index contributed by atoms with van der Waals surface area (Å²) in [6.07, 6.45) is 2.12. The first-order valence-corrected chi connectivity index (χ1v) is 11.4. The van der Waals surface area contributed by atoms with E-state index >= 15 is 4.39 Å². The molecule has 0 aliphatic heterocycles. The van der Waals surface area contributed by atoms with Crippen LogP contribution in [0.15, 0.2) is 76.5 Å². The van der Waals surface area contributed by atoms with Gasteiger partial charge in [-0.25, -0.2) is 21.6 Å². The molecule has 0 saturated carbocycles. The summed E-state index contributed by atoms with van der Waals surface area (Å²) in [6, 6.07) is 9.14. The van der Waals surface area contributed by atoms with Gasteiger partial charge in [0.2, 0.25) is 0 Å². The van der Waals surface area contributed by atoms with E-state index in [1.807, 2.05) is 0 Å². The lowest BCUT2D eigenvalue weighted by Crippen LogP contribution is -2.21. The molecule has 4 aromatic rings. The molecule has 1 amide bonds. The average molecular weight is 508 g/mol. The Morgan fingerprint density at radius 3 is 2.38 bits per heavy atom. The monoisotopic (exact) mass is 507 g/mol. The normalized spacial score (nSPS) is 12.4. The lowest BCUT2D eigenvalue weighted by Gasteiger charge is -2.19. The fourth-order valence-electron chi connectivity index (χ4n) is 3.17. The Labute approximate surface area is 196 Å². The number of hydrogen-bond acceptors (Lipinski definition) is 6. The lowest BCUT2D eigenvalue weighted by atomic mass is 10.1. The lowest BCUT2D eigenvalue weighted by molar-refractivity contribution is 0.102. The molecule has 12 heteroatoms. The van der Waals surface area contributed by atoms with Crippen LogP contribution in [-0.2, 0) is 9.84 Å². The first-order chi connectivity index (χ1) is 16.2. The summed E-state index contributed by atoms with van der Waals surface area (Å²) in [5.41, 5.74) is -1.65. The molecule has 0 spiro atoms. The number of carbonyl (C=O) groups excluding carboxylic acids is 1. The summed E-state index contributed by atoms with van der Waals surface area (Å²) in [4.78, 5) is 15.8. The Hall–Kier alpha value is -3.70. The number of nitrogens with one attached hydrogen (secondary N) is 1. The van der Waals surface area contributed by atoms with E-state index in [2.05, 4.69) is 20.0 Å². The van der Waals surface area contributed by atoms with Gasteiger partial charge in [-0.15, -0.1) is 0 Å². The van der Waals surface area contributed by atoms with Crippen molar-refractivity contribution in [2.24, 2.45) is 0 Å². The minimum atomic E-state index is -4.55. The summed E-state index contributed by atoms with van der Waals surface area (Å²) >= 11 is 5.82. The van der Waals surface area contributed by atoms with Gasteiger partial charge in [-0.05, 0) is 48.5 Å². The molecule has 1 atom stereocenters. The predicted molar refractivity (Wildman–Crippen MR) is 115 cm³/mol. The molecule has 4 rings (SSSR count). The zero-order valence-electron chi connectivity index (χ0n) is 16.9. The van der Waals surface area contributed by atoms with Crippen LogP contribution in [0.4, 0.5) is 19.0 Å². The molecule has 2 aromatic heterocycles. The van der Waals surface area contributed by atoms with E-state index in [9.17, 15) is 22.0 Å². The second kappa shape index (κ2) is 9.27.